The zero-order chi connectivity index (χ0) is 17.0. The van der Waals surface area contributed by atoms with Crippen molar-refractivity contribution in [3.63, 3.8) is 0 Å². The molecule has 0 aliphatic rings. The summed E-state index contributed by atoms with van der Waals surface area (Å²) in [6, 6.07) is 7.10. The number of rotatable bonds is 6. The van der Waals surface area contributed by atoms with Gasteiger partial charge in [0.05, 0.1) is 24.2 Å². The smallest absolute Gasteiger partial charge is 0.239 e. The molecule has 0 saturated carbocycles. The second kappa shape index (κ2) is 7.41. The molecule has 6 nitrogen and oxygen atoms in total. The fraction of sp³-hybridized carbons (Fsp3) is 0.375. The number of methoxy groups -OCH3 is 1. The van der Waals surface area contributed by atoms with E-state index in [-0.39, 0.29) is 11.7 Å². The predicted molar refractivity (Wildman–Crippen MR) is 88.9 cm³/mol. The standard InChI is InChI=1S/C16H20N2O4S/c1-10-13(11(2)22-18-10)9-23(20)12(3)16(19)17-14-7-5-6-8-15(14)21-4/h5-8,12H,9H2,1-4H3,(H,17,19). The van der Waals surface area contributed by atoms with E-state index in [0.29, 0.717) is 22.9 Å². The van der Waals surface area contributed by atoms with Crippen molar-refractivity contribution < 1.29 is 18.3 Å². The lowest BCUT2D eigenvalue weighted by atomic mass is 10.2. The maximum atomic E-state index is 12.5. The molecule has 2 aromatic rings. The Morgan fingerprint density at radius 1 is 1.39 bits per heavy atom. The number of aromatic nitrogens is 1. The monoisotopic (exact) mass is 336 g/mol. The van der Waals surface area contributed by atoms with Crippen LogP contribution < -0.4 is 10.1 Å². The Balaban J connectivity index is 2.06. The van der Waals surface area contributed by atoms with Gasteiger partial charge in [-0.2, -0.15) is 0 Å². The normalized spacial score (nSPS) is 13.4. The topological polar surface area (TPSA) is 81.4 Å². The van der Waals surface area contributed by atoms with E-state index in [2.05, 4.69) is 10.5 Å². The summed E-state index contributed by atoms with van der Waals surface area (Å²) in [6.45, 7) is 5.20. The number of ether oxygens (including phenoxy) is 1. The Bertz CT molecular complexity index is 707. The molecule has 1 heterocycles. The first-order chi connectivity index (χ1) is 10.9. The zero-order valence-corrected chi connectivity index (χ0v) is 14.4. The molecule has 0 spiro atoms. The molecule has 0 fully saturated rings. The zero-order valence-electron chi connectivity index (χ0n) is 13.6. The van der Waals surface area contributed by atoms with Crippen molar-refractivity contribution in [1.29, 1.82) is 0 Å². The van der Waals surface area contributed by atoms with Crippen molar-refractivity contribution in [2.45, 2.75) is 31.8 Å². The van der Waals surface area contributed by atoms with Crippen LogP contribution in [0.1, 0.15) is 23.9 Å². The molecule has 7 heteroatoms. The average molecular weight is 336 g/mol. The molecule has 2 atom stereocenters. The van der Waals surface area contributed by atoms with Crippen LogP contribution in [0.15, 0.2) is 28.8 Å². The molecule has 2 unspecified atom stereocenters. The summed E-state index contributed by atoms with van der Waals surface area (Å²) in [5.74, 6) is 1.11. The first-order valence-corrected chi connectivity index (χ1v) is 8.55. The molecule has 0 radical (unpaired) electrons. The minimum Gasteiger partial charge on any atom is -0.495 e. The maximum Gasteiger partial charge on any atom is 0.239 e. The summed E-state index contributed by atoms with van der Waals surface area (Å²) in [4.78, 5) is 12.3. The summed E-state index contributed by atoms with van der Waals surface area (Å²) in [6.07, 6.45) is 0. The molecule has 1 N–H and O–H groups in total. The fourth-order valence-corrected chi connectivity index (χ4v) is 3.32. The highest BCUT2D eigenvalue weighted by Crippen LogP contribution is 2.24. The highest BCUT2D eigenvalue weighted by Gasteiger charge is 2.23. The third-order valence-corrected chi connectivity index (χ3v) is 5.17. The van der Waals surface area contributed by atoms with Crippen LogP contribution in [0.4, 0.5) is 5.69 Å². The second-order valence-corrected chi connectivity index (χ2v) is 6.92. The lowest BCUT2D eigenvalue weighted by molar-refractivity contribution is -0.115. The lowest BCUT2D eigenvalue weighted by Gasteiger charge is -2.14. The summed E-state index contributed by atoms with van der Waals surface area (Å²) in [5.41, 5.74) is 2.05. The first kappa shape index (κ1) is 17.2. The molecule has 0 aliphatic carbocycles. The van der Waals surface area contributed by atoms with Crippen LogP contribution in [-0.4, -0.2) is 27.6 Å². The lowest BCUT2D eigenvalue weighted by Crippen LogP contribution is -2.30. The number of hydrogen-bond acceptors (Lipinski definition) is 5. The Hall–Kier alpha value is -2.15. The number of nitrogens with zero attached hydrogens (tertiary/aromatic N) is 1. The van der Waals surface area contributed by atoms with Crippen molar-refractivity contribution >= 4 is 22.4 Å². The van der Waals surface area contributed by atoms with Gasteiger partial charge in [-0.3, -0.25) is 9.00 Å². The van der Waals surface area contributed by atoms with Gasteiger partial charge >= 0.3 is 0 Å². The molecule has 2 rings (SSSR count). The van der Waals surface area contributed by atoms with Gasteiger partial charge in [0.25, 0.3) is 0 Å². The van der Waals surface area contributed by atoms with Crippen LogP contribution in [0.3, 0.4) is 0 Å². The van der Waals surface area contributed by atoms with Crippen LogP contribution in [0.2, 0.25) is 0 Å². The summed E-state index contributed by atoms with van der Waals surface area (Å²) < 4.78 is 22.7. The molecular weight excluding hydrogens is 316 g/mol. The molecule has 0 saturated heterocycles. The van der Waals surface area contributed by atoms with Crippen LogP contribution in [0.25, 0.3) is 0 Å². The molecular formula is C16H20N2O4S. The number of nitrogens with one attached hydrogen (secondary N) is 1. The number of carbonyl (C=O) groups is 1. The van der Waals surface area contributed by atoms with E-state index in [1.165, 1.54) is 7.11 Å². The van der Waals surface area contributed by atoms with Gasteiger partial charge in [0.2, 0.25) is 5.91 Å². The maximum absolute atomic E-state index is 12.5. The van der Waals surface area contributed by atoms with Crippen molar-refractivity contribution in [2.75, 3.05) is 12.4 Å². The Morgan fingerprint density at radius 3 is 2.70 bits per heavy atom. The fourth-order valence-electron chi connectivity index (χ4n) is 2.08. The van der Waals surface area contributed by atoms with E-state index >= 15 is 0 Å². The number of hydrogen-bond donors (Lipinski definition) is 1. The third-order valence-electron chi connectivity index (χ3n) is 3.60. The van der Waals surface area contributed by atoms with Gasteiger partial charge in [0, 0.05) is 16.4 Å². The van der Waals surface area contributed by atoms with Crippen molar-refractivity contribution in [2.24, 2.45) is 0 Å². The second-order valence-electron chi connectivity index (χ2n) is 5.16. The van der Waals surface area contributed by atoms with Crippen molar-refractivity contribution in [3.8, 4) is 5.75 Å². The van der Waals surface area contributed by atoms with Gasteiger partial charge in [-0.1, -0.05) is 17.3 Å². The predicted octanol–water partition coefficient (Wildman–Crippen LogP) is 2.58. The summed E-state index contributed by atoms with van der Waals surface area (Å²) in [5, 5.41) is 5.92. The Kier molecular flexibility index (Phi) is 5.54. The number of amides is 1. The number of anilines is 1. The molecule has 124 valence electrons. The minimum atomic E-state index is -1.38. The number of benzene rings is 1. The van der Waals surface area contributed by atoms with Crippen molar-refractivity contribution in [3.05, 3.63) is 41.3 Å². The van der Waals surface area contributed by atoms with E-state index in [9.17, 15) is 9.00 Å². The minimum absolute atomic E-state index is 0.238. The highest BCUT2D eigenvalue weighted by atomic mass is 32.2. The Morgan fingerprint density at radius 2 is 2.09 bits per heavy atom. The molecule has 0 aliphatic heterocycles. The quantitative estimate of drug-likeness (QED) is 0.877. The SMILES string of the molecule is COc1ccccc1NC(=O)C(C)S(=O)Cc1c(C)noc1C. The Labute approximate surface area is 137 Å². The largest absolute Gasteiger partial charge is 0.495 e. The molecule has 1 aromatic carbocycles. The van der Waals surface area contributed by atoms with E-state index in [1.54, 1.807) is 39.0 Å². The van der Waals surface area contributed by atoms with Gasteiger partial charge in [0.1, 0.15) is 16.8 Å². The molecule has 1 amide bonds. The molecule has 0 bridgehead atoms. The van der Waals surface area contributed by atoms with Gasteiger partial charge in [-0.05, 0) is 32.9 Å². The van der Waals surface area contributed by atoms with E-state index < -0.39 is 16.0 Å². The third kappa shape index (κ3) is 3.98. The van der Waals surface area contributed by atoms with Crippen LogP contribution in [-0.2, 0) is 21.3 Å². The number of aryl methyl sites for hydroxylation is 2. The van der Waals surface area contributed by atoms with Crippen LogP contribution in [0.5, 0.6) is 5.75 Å². The van der Waals surface area contributed by atoms with Gasteiger partial charge in [-0.15, -0.1) is 0 Å². The van der Waals surface area contributed by atoms with Crippen LogP contribution in [0, 0.1) is 13.8 Å². The first-order valence-electron chi connectivity index (χ1n) is 7.16. The highest BCUT2D eigenvalue weighted by molar-refractivity contribution is 7.85. The van der Waals surface area contributed by atoms with E-state index in [4.69, 9.17) is 9.26 Å². The van der Waals surface area contributed by atoms with Crippen molar-refractivity contribution in [1.82, 2.24) is 5.16 Å². The number of carbonyl (C=O) groups excluding carboxylic acids is 1. The van der Waals surface area contributed by atoms with E-state index in [0.717, 1.165) is 5.56 Å². The van der Waals surface area contributed by atoms with Gasteiger partial charge < -0.3 is 14.6 Å². The summed E-state index contributed by atoms with van der Waals surface area (Å²) in [7, 11) is 0.152. The number of para-hydroxylation sites is 2. The average Bonchev–Trinajstić information content (AvgIpc) is 2.86. The van der Waals surface area contributed by atoms with Gasteiger partial charge in [0.15, 0.2) is 0 Å². The van der Waals surface area contributed by atoms with E-state index in [1.807, 2.05) is 6.07 Å². The molecule has 1 aromatic heterocycles. The summed E-state index contributed by atoms with van der Waals surface area (Å²) >= 11 is 0. The van der Waals surface area contributed by atoms with Crippen LogP contribution >= 0.6 is 0 Å². The van der Waals surface area contributed by atoms with Gasteiger partial charge in [-0.25, -0.2) is 0 Å². The molecule has 23 heavy (non-hydrogen) atoms.